The van der Waals surface area contributed by atoms with Crippen LogP contribution in [-0.4, -0.2) is 38.6 Å². The van der Waals surface area contributed by atoms with E-state index < -0.39 is 0 Å². The van der Waals surface area contributed by atoms with Crippen LogP contribution in [0.4, 0.5) is 5.82 Å². The highest BCUT2D eigenvalue weighted by Gasteiger charge is 2.23. The molecule has 0 bridgehead atoms. The van der Waals surface area contributed by atoms with Gasteiger partial charge >= 0.3 is 0 Å². The van der Waals surface area contributed by atoms with Crippen molar-refractivity contribution >= 4 is 17.2 Å². The molecule has 4 rings (SSSR count). The van der Waals surface area contributed by atoms with E-state index in [0.29, 0.717) is 22.6 Å². The van der Waals surface area contributed by atoms with Gasteiger partial charge in [-0.05, 0) is 25.0 Å². The van der Waals surface area contributed by atoms with Crippen LogP contribution in [0.1, 0.15) is 34.3 Å². The van der Waals surface area contributed by atoms with Crippen LogP contribution in [0.5, 0.6) is 5.75 Å². The van der Waals surface area contributed by atoms with Crippen molar-refractivity contribution in [2.75, 3.05) is 18.0 Å². The van der Waals surface area contributed by atoms with Crippen LogP contribution in [-0.2, 0) is 0 Å². The average Bonchev–Trinajstić information content (AvgIpc) is 3.28. The van der Waals surface area contributed by atoms with Gasteiger partial charge in [0.15, 0.2) is 17.2 Å². The third-order valence-corrected chi connectivity index (χ3v) is 4.38. The van der Waals surface area contributed by atoms with Crippen molar-refractivity contribution in [3.05, 3.63) is 53.3 Å². The Kier molecular flexibility index (Phi) is 3.58. The number of ketones is 1. The molecule has 1 fully saturated rings. The molecule has 7 heteroatoms. The van der Waals surface area contributed by atoms with Gasteiger partial charge in [0.25, 0.3) is 0 Å². The Morgan fingerprint density at radius 2 is 2.00 bits per heavy atom. The lowest BCUT2D eigenvalue weighted by atomic mass is 10.1. The number of carbonyl (C=O) groups is 1. The highest BCUT2D eigenvalue weighted by atomic mass is 16.3. The van der Waals surface area contributed by atoms with Crippen LogP contribution in [0.2, 0.25) is 0 Å². The monoisotopic (exact) mass is 333 g/mol. The first kappa shape index (κ1) is 15.1. The summed E-state index contributed by atoms with van der Waals surface area (Å²) in [7, 11) is 0. The molecule has 0 radical (unpaired) electrons. The van der Waals surface area contributed by atoms with E-state index in [2.05, 4.69) is 21.1 Å². The summed E-state index contributed by atoms with van der Waals surface area (Å²) >= 11 is 0. The lowest BCUT2D eigenvalue weighted by molar-refractivity contribution is 0.103. The molecule has 0 unspecified atom stereocenters. The largest absolute Gasteiger partial charge is 0.507 e. The number of nitriles is 1. The molecule has 124 valence electrons. The second kappa shape index (κ2) is 5.91. The maximum atomic E-state index is 12.6. The zero-order chi connectivity index (χ0) is 17.4. The minimum absolute atomic E-state index is 0.0801. The average molecular weight is 333 g/mol. The van der Waals surface area contributed by atoms with Crippen LogP contribution in [0.15, 0.2) is 36.7 Å². The van der Waals surface area contributed by atoms with Crippen LogP contribution in [0.3, 0.4) is 0 Å². The summed E-state index contributed by atoms with van der Waals surface area (Å²) in [6, 6.07) is 8.54. The number of carbonyl (C=O) groups excluding carboxylic acids is 1. The number of hydrogen-bond donors (Lipinski definition) is 1. The number of rotatable bonds is 3. The van der Waals surface area contributed by atoms with E-state index in [1.807, 2.05) is 0 Å². The van der Waals surface area contributed by atoms with Gasteiger partial charge in [-0.15, -0.1) is 5.10 Å². The van der Waals surface area contributed by atoms with Gasteiger partial charge in [-0.3, -0.25) is 4.79 Å². The van der Waals surface area contributed by atoms with E-state index in [0.717, 1.165) is 25.9 Å². The van der Waals surface area contributed by atoms with E-state index in [4.69, 9.17) is 0 Å². The molecule has 1 aliphatic heterocycles. The van der Waals surface area contributed by atoms with Crippen molar-refractivity contribution in [2.24, 2.45) is 0 Å². The van der Waals surface area contributed by atoms with Crippen molar-refractivity contribution in [1.82, 2.24) is 14.6 Å². The quantitative estimate of drug-likeness (QED) is 0.738. The summed E-state index contributed by atoms with van der Waals surface area (Å²) in [4.78, 5) is 18.9. The Labute approximate surface area is 143 Å². The number of fused-ring (bicyclic) bond motifs is 1. The Morgan fingerprint density at radius 3 is 2.72 bits per heavy atom. The van der Waals surface area contributed by atoms with E-state index >= 15 is 0 Å². The van der Waals surface area contributed by atoms with Crippen molar-refractivity contribution < 1.29 is 9.90 Å². The van der Waals surface area contributed by atoms with Gasteiger partial charge in [0, 0.05) is 25.5 Å². The van der Waals surface area contributed by atoms with E-state index in [9.17, 15) is 15.2 Å². The van der Waals surface area contributed by atoms with Crippen LogP contribution in [0, 0.1) is 11.3 Å². The molecule has 0 aliphatic carbocycles. The molecular formula is C18H15N5O2. The standard InChI is InChI=1S/C18H15N5O2/c19-9-14-17-20-10-12(16(25)13-5-1-2-6-15(13)24)11-23(17)21-18(14)22-7-3-4-8-22/h1-2,5-6,10-11,24H,3-4,7-8H2. The Balaban J connectivity index is 1.79. The molecule has 1 aliphatic rings. The molecule has 0 saturated carbocycles. The number of benzene rings is 1. The third kappa shape index (κ3) is 2.48. The summed E-state index contributed by atoms with van der Waals surface area (Å²) in [6.45, 7) is 1.73. The minimum Gasteiger partial charge on any atom is -0.507 e. The first-order valence-electron chi connectivity index (χ1n) is 8.05. The summed E-state index contributed by atoms with van der Waals surface area (Å²) < 4.78 is 1.47. The summed E-state index contributed by atoms with van der Waals surface area (Å²) in [5, 5.41) is 23.8. The molecular weight excluding hydrogens is 318 g/mol. The highest BCUT2D eigenvalue weighted by Crippen LogP contribution is 2.26. The molecule has 1 aromatic carbocycles. The number of para-hydroxylation sites is 1. The van der Waals surface area contributed by atoms with Gasteiger partial charge in [0.1, 0.15) is 17.4 Å². The SMILES string of the molecule is N#Cc1c(N2CCCC2)nn2cc(C(=O)c3ccccc3O)cnc12. The van der Waals surface area contributed by atoms with Crippen molar-refractivity contribution in [3.8, 4) is 11.8 Å². The van der Waals surface area contributed by atoms with Crippen molar-refractivity contribution in [3.63, 3.8) is 0 Å². The molecule has 3 aromatic rings. The van der Waals surface area contributed by atoms with Crippen LogP contribution >= 0.6 is 0 Å². The van der Waals surface area contributed by atoms with E-state index in [-0.39, 0.29) is 17.1 Å². The molecule has 1 N–H and O–H groups in total. The summed E-state index contributed by atoms with van der Waals surface area (Å²) in [6.07, 6.45) is 5.12. The molecule has 3 heterocycles. The summed E-state index contributed by atoms with van der Waals surface area (Å²) in [5.41, 5.74) is 1.35. The molecule has 0 atom stereocenters. The Hall–Kier alpha value is -3.40. The lowest BCUT2D eigenvalue weighted by Gasteiger charge is -2.13. The Morgan fingerprint density at radius 1 is 1.24 bits per heavy atom. The van der Waals surface area contributed by atoms with Gasteiger partial charge in [-0.1, -0.05) is 12.1 Å². The fourth-order valence-corrected chi connectivity index (χ4v) is 3.11. The summed E-state index contributed by atoms with van der Waals surface area (Å²) in [5.74, 6) is 0.187. The molecule has 7 nitrogen and oxygen atoms in total. The fourth-order valence-electron chi connectivity index (χ4n) is 3.11. The number of aromatic hydroxyl groups is 1. The maximum absolute atomic E-state index is 12.6. The number of anilines is 1. The van der Waals surface area contributed by atoms with E-state index in [1.165, 1.54) is 16.8 Å². The second-order valence-electron chi connectivity index (χ2n) is 5.96. The lowest BCUT2D eigenvalue weighted by Crippen LogP contribution is -2.19. The molecule has 2 aromatic heterocycles. The molecule has 25 heavy (non-hydrogen) atoms. The van der Waals surface area contributed by atoms with Gasteiger partial charge < -0.3 is 10.0 Å². The molecule has 0 amide bonds. The number of hydrogen-bond acceptors (Lipinski definition) is 6. The second-order valence-corrected chi connectivity index (χ2v) is 5.96. The van der Waals surface area contributed by atoms with Crippen LogP contribution in [0.25, 0.3) is 5.65 Å². The fraction of sp³-hybridized carbons (Fsp3) is 0.222. The molecule has 1 saturated heterocycles. The zero-order valence-electron chi connectivity index (χ0n) is 13.4. The first-order chi connectivity index (χ1) is 12.2. The molecule has 0 spiro atoms. The van der Waals surface area contributed by atoms with Gasteiger partial charge in [-0.25, -0.2) is 9.50 Å². The number of nitrogens with zero attached hydrogens (tertiary/aromatic N) is 5. The maximum Gasteiger partial charge on any atom is 0.199 e. The number of aromatic nitrogens is 3. The normalized spacial score (nSPS) is 14.0. The van der Waals surface area contributed by atoms with Crippen molar-refractivity contribution in [1.29, 1.82) is 5.26 Å². The smallest absolute Gasteiger partial charge is 0.199 e. The third-order valence-electron chi connectivity index (χ3n) is 4.38. The first-order valence-corrected chi connectivity index (χ1v) is 8.05. The topological polar surface area (TPSA) is 94.5 Å². The minimum atomic E-state index is -0.343. The number of phenols is 1. The predicted molar refractivity (Wildman–Crippen MR) is 90.7 cm³/mol. The van der Waals surface area contributed by atoms with Gasteiger partial charge in [0.2, 0.25) is 0 Å². The Bertz CT molecular complexity index is 1010. The zero-order valence-corrected chi connectivity index (χ0v) is 13.4. The van der Waals surface area contributed by atoms with Gasteiger partial charge in [0.05, 0.1) is 11.1 Å². The van der Waals surface area contributed by atoms with Gasteiger partial charge in [-0.2, -0.15) is 5.26 Å². The van der Waals surface area contributed by atoms with Crippen LogP contribution < -0.4 is 4.90 Å². The van der Waals surface area contributed by atoms with E-state index in [1.54, 1.807) is 24.4 Å². The predicted octanol–water partition coefficient (Wildman–Crippen LogP) is 2.14. The van der Waals surface area contributed by atoms with Crippen molar-refractivity contribution in [2.45, 2.75) is 12.8 Å². The highest BCUT2D eigenvalue weighted by molar-refractivity contribution is 6.10. The number of phenolic OH excluding ortho intramolecular Hbond substituents is 1.